The maximum absolute atomic E-state index is 12.0. The van der Waals surface area contributed by atoms with E-state index < -0.39 is 17.1 Å². The molecule has 5 heteroatoms. The minimum Gasteiger partial charge on any atom is -0.512 e. The number of carbonyl (C=O) groups excluding carboxylic acids is 1. The van der Waals surface area contributed by atoms with Crippen LogP contribution in [-0.4, -0.2) is 32.7 Å². The average molecular weight is 523 g/mol. The molecular weight excluding hydrogens is 484 g/mol. The third kappa shape index (κ3) is 4.99. The zero-order valence-electron chi connectivity index (χ0n) is 23.4. The van der Waals surface area contributed by atoms with Crippen LogP contribution < -0.4 is 5.32 Å². The fourth-order valence-electron chi connectivity index (χ4n) is 6.29. The second-order valence-corrected chi connectivity index (χ2v) is 11.9. The van der Waals surface area contributed by atoms with Gasteiger partial charge in [0.2, 0.25) is 5.91 Å². The van der Waals surface area contributed by atoms with Crippen molar-refractivity contribution in [2.45, 2.75) is 65.0 Å². The van der Waals surface area contributed by atoms with Crippen LogP contribution in [0.3, 0.4) is 0 Å². The van der Waals surface area contributed by atoms with Crippen LogP contribution in [0.5, 0.6) is 0 Å². The maximum Gasteiger partial charge on any atom is 0.217 e. The summed E-state index contributed by atoms with van der Waals surface area (Å²) in [6.07, 6.45) is 0.298. The number of aliphatic hydroxyl groups excluding tert-OH is 2. The molecule has 0 radical (unpaired) electrons. The third-order valence-corrected chi connectivity index (χ3v) is 8.09. The van der Waals surface area contributed by atoms with Crippen LogP contribution in [-0.2, 0) is 17.6 Å². The van der Waals surface area contributed by atoms with E-state index in [1.54, 1.807) is 0 Å². The summed E-state index contributed by atoms with van der Waals surface area (Å²) in [4.78, 5) is 15.7. The summed E-state index contributed by atoms with van der Waals surface area (Å²) >= 11 is 0. The van der Waals surface area contributed by atoms with E-state index in [0.717, 1.165) is 38.9 Å². The molecule has 1 heterocycles. The van der Waals surface area contributed by atoms with Crippen molar-refractivity contribution >= 4 is 16.8 Å². The molecule has 4 N–H and O–H groups in total. The van der Waals surface area contributed by atoms with Gasteiger partial charge in [0, 0.05) is 34.6 Å². The number of aliphatic hydroxyl groups is 2. The minimum atomic E-state index is -0.827. The van der Waals surface area contributed by atoms with Crippen molar-refractivity contribution in [2.24, 2.45) is 5.41 Å². The van der Waals surface area contributed by atoms with Crippen molar-refractivity contribution < 1.29 is 15.0 Å². The number of hydrogen-bond acceptors (Lipinski definition) is 3. The van der Waals surface area contributed by atoms with Crippen molar-refractivity contribution in [3.8, 4) is 0 Å². The number of aryl methyl sites for hydroxylation is 1. The molecule has 5 rings (SSSR count). The highest BCUT2D eigenvalue weighted by Crippen LogP contribution is 2.54. The molecule has 3 aromatic carbocycles. The SMILES string of the molecule is CC(=O)NC(C)(C)Cc1c(C(C2=C(O)C(C)(Cc3ccccc3)C2O)c2ccccc2)[nH]c2cc(C)ccc12. The molecule has 39 heavy (non-hydrogen) atoms. The number of hydrogen-bond donors (Lipinski definition) is 4. The molecule has 1 aliphatic rings. The lowest BCUT2D eigenvalue weighted by Gasteiger charge is -2.48. The fourth-order valence-corrected chi connectivity index (χ4v) is 6.29. The topological polar surface area (TPSA) is 85.3 Å². The first-order valence-corrected chi connectivity index (χ1v) is 13.6. The minimum absolute atomic E-state index is 0.0803. The Morgan fingerprint density at radius 2 is 1.69 bits per heavy atom. The largest absolute Gasteiger partial charge is 0.512 e. The average Bonchev–Trinajstić information content (AvgIpc) is 3.22. The van der Waals surface area contributed by atoms with E-state index in [1.807, 2.05) is 81.4 Å². The molecule has 0 bridgehead atoms. The molecule has 0 saturated heterocycles. The molecule has 5 nitrogen and oxygen atoms in total. The summed E-state index contributed by atoms with van der Waals surface area (Å²) in [5.41, 5.74) is 5.55. The second-order valence-electron chi connectivity index (χ2n) is 11.9. The molecule has 1 aliphatic carbocycles. The van der Waals surface area contributed by atoms with Crippen molar-refractivity contribution in [3.63, 3.8) is 0 Å². The van der Waals surface area contributed by atoms with E-state index in [9.17, 15) is 15.0 Å². The second kappa shape index (κ2) is 10.0. The first-order valence-electron chi connectivity index (χ1n) is 13.6. The normalized spacial score (nSPS) is 20.1. The van der Waals surface area contributed by atoms with Crippen LogP contribution in [0.4, 0.5) is 0 Å². The summed E-state index contributed by atoms with van der Waals surface area (Å²) < 4.78 is 0. The number of benzene rings is 3. The Bertz CT molecular complexity index is 1530. The Morgan fingerprint density at radius 1 is 1.05 bits per heavy atom. The Morgan fingerprint density at radius 3 is 2.31 bits per heavy atom. The van der Waals surface area contributed by atoms with Gasteiger partial charge >= 0.3 is 0 Å². The van der Waals surface area contributed by atoms with E-state index >= 15 is 0 Å². The van der Waals surface area contributed by atoms with Crippen molar-refractivity contribution in [3.05, 3.63) is 118 Å². The first-order chi connectivity index (χ1) is 18.5. The fraction of sp³-hybridized carbons (Fsp3) is 0.324. The van der Waals surface area contributed by atoms with Crippen LogP contribution in [0.1, 0.15) is 61.6 Å². The van der Waals surface area contributed by atoms with Gasteiger partial charge in [-0.25, -0.2) is 0 Å². The zero-order chi connectivity index (χ0) is 27.9. The molecule has 1 amide bonds. The van der Waals surface area contributed by atoms with E-state index in [4.69, 9.17) is 0 Å². The van der Waals surface area contributed by atoms with Gasteiger partial charge in [-0.3, -0.25) is 4.79 Å². The number of aromatic amines is 1. The van der Waals surface area contributed by atoms with E-state index in [1.165, 1.54) is 6.92 Å². The highest BCUT2D eigenvalue weighted by Gasteiger charge is 2.53. The van der Waals surface area contributed by atoms with Gasteiger partial charge in [-0.1, -0.05) is 72.8 Å². The number of H-pyrrole nitrogens is 1. The van der Waals surface area contributed by atoms with Gasteiger partial charge in [-0.05, 0) is 68.9 Å². The predicted octanol–water partition coefficient (Wildman–Crippen LogP) is 6.50. The highest BCUT2D eigenvalue weighted by molar-refractivity contribution is 5.86. The van der Waals surface area contributed by atoms with Gasteiger partial charge in [0.1, 0.15) is 5.76 Å². The number of carbonyl (C=O) groups is 1. The van der Waals surface area contributed by atoms with Crippen LogP contribution in [0.25, 0.3) is 10.9 Å². The molecule has 0 fully saturated rings. The van der Waals surface area contributed by atoms with Gasteiger partial charge < -0.3 is 20.5 Å². The number of nitrogens with one attached hydrogen (secondary N) is 2. The predicted molar refractivity (Wildman–Crippen MR) is 157 cm³/mol. The summed E-state index contributed by atoms with van der Waals surface area (Å²) in [5, 5.41) is 27.6. The van der Waals surface area contributed by atoms with Gasteiger partial charge in [0.05, 0.1) is 17.4 Å². The number of rotatable bonds is 8. The van der Waals surface area contributed by atoms with Crippen LogP contribution in [0.2, 0.25) is 0 Å². The van der Waals surface area contributed by atoms with E-state index in [-0.39, 0.29) is 17.6 Å². The van der Waals surface area contributed by atoms with Crippen molar-refractivity contribution in [1.82, 2.24) is 10.3 Å². The summed E-state index contributed by atoms with van der Waals surface area (Å²) in [6, 6.07) is 26.4. The smallest absolute Gasteiger partial charge is 0.217 e. The standard InChI is InChI=1S/C34H38N2O3/c1-21-16-17-25-26(20-33(3,4)36-22(2)37)30(35-27(25)18-21)28(24-14-10-7-11-15-24)29-31(38)34(5,32(29)39)19-23-12-8-6-9-13-23/h6-18,28,31,35,38-39H,19-20H2,1-5H3,(H,36,37). The van der Waals surface area contributed by atoms with Gasteiger partial charge in [-0.15, -0.1) is 0 Å². The molecule has 202 valence electrons. The van der Waals surface area contributed by atoms with Crippen molar-refractivity contribution in [2.75, 3.05) is 0 Å². The van der Waals surface area contributed by atoms with Gasteiger partial charge in [0.25, 0.3) is 0 Å². The molecule has 3 atom stereocenters. The van der Waals surface area contributed by atoms with Crippen LogP contribution >= 0.6 is 0 Å². The van der Waals surface area contributed by atoms with Crippen LogP contribution in [0.15, 0.2) is 90.2 Å². The van der Waals surface area contributed by atoms with Crippen LogP contribution in [0, 0.1) is 12.3 Å². The van der Waals surface area contributed by atoms with Crippen molar-refractivity contribution in [1.29, 1.82) is 0 Å². The molecule has 0 spiro atoms. The highest BCUT2D eigenvalue weighted by atomic mass is 16.3. The lowest BCUT2D eigenvalue weighted by Crippen LogP contribution is -2.49. The Labute approximate surface area is 230 Å². The maximum atomic E-state index is 12.0. The summed E-state index contributed by atoms with van der Waals surface area (Å²) in [7, 11) is 0. The molecule has 0 saturated carbocycles. The monoisotopic (exact) mass is 522 g/mol. The van der Waals surface area contributed by atoms with E-state index in [0.29, 0.717) is 18.4 Å². The Balaban J connectivity index is 1.69. The van der Waals surface area contributed by atoms with E-state index in [2.05, 4.69) is 35.4 Å². The van der Waals surface area contributed by atoms with Gasteiger partial charge in [0.15, 0.2) is 0 Å². The zero-order valence-corrected chi connectivity index (χ0v) is 23.4. The van der Waals surface area contributed by atoms with Gasteiger partial charge in [-0.2, -0.15) is 0 Å². The summed E-state index contributed by atoms with van der Waals surface area (Å²) in [6.45, 7) is 9.58. The number of aromatic nitrogens is 1. The molecule has 4 aromatic rings. The molecular formula is C34H38N2O3. The molecule has 0 aliphatic heterocycles. The number of fused-ring (bicyclic) bond motifs is 1. The first kappa shape index (κ1) is 26.8. The Kier molecular flexibility index (Phi) is 6.90. The molecule has 3 unspecified atom stereocenters. The third-order valence-electron chi connectivity index (χ3n) is 8.09. The number of amides is 1. The lowest BCUT2D eigenvalue weighted by molar-refractivity contribution is -0.120. The molecule has 1 aromatic heterocycles. The summed E-state index contributed by atoms with van der Waals surface area (Å²) in [5.74, 6) is -0.209. The lowest BCUT2D eigenvalue weighted by atomic mass is 9.60. The quantitative estimate of drug-likeness (QED) is 0.213. The Hall–Kier alpha value is -3.83.